The van der Waals surface area contributed by atoms with Gasteiger partial charge in [-0.05, 0) is 54.6 Å². The summed E-state index contributed by atoms with van der Waals surface area (Å²) < 4.78 is 39.9. The van der Waals surface area contributed by atoms with Gasteiger partial charge in [0, 0.05) is 47.1 Å². The first-order valence-electron chi connectivity index (χ1n) is 11.5. The average Bonchev–Trinajstić information content (AvgIpc) is 2.93. The molecule has 7 N–H and O–H groups in total. The molecule has 0 aliphatic carbocycles. The molecule has 3 rings (SSSR count). The Kier molecular flexibility index (Phi) is 10.2. The lowest BCUT2D eigenvalue weighted by molar-refractivity contribution is -0.130. The van der Waals surface area contributed by atoms with E-state index in [9.17, 15) is 27.6 Å². The van der Waals surface area contributed by atoms with Gasteiger partial charge in [-0.15, -0.1) is 0 Å². The van der Waals surface area contributed by atoms with E-state index in [0.29, 0.717) is 22.9 Å². The first-order valence-corrected chi connectivity index (χ1v) is 11.5. The van der Waals surface area contributed by atoms with E-state index in [1.54, 1.807) is 36.4 Å². The van der Waals surface area contributed by atoms with Crippen LogP contribution in [0.2, 0.25) is 0 Å². The van der Waals surface area contributed by atoms with Gasteiger partial charge in [-0.25, -0.2) is 18.7 Å². The highest BCUT2D eigenvalue weighted by Gasteiger charge is 2.19. The molecule has 0 saturated carbocycles. The first kappa shape index (κ1) is 28.9. The number of anilines is 1. The molecule has 0 aliphatic heterocycles. The highest BCUT2D eigenvalue weighted by atomic mass is 19.2. The van der Waals surface area contributed by atoms with Crippen molar-refractivity contribution in [3.05, 3.63) is 100 Å². The number of carbonyl (C=O) groups is 3. The van der Waals surface area contributed by atoms with Crippen molar-refractivity contribution >= 4 is 23.4 Å². The summed E-state index contributed by atoms with van der Waals surface area (Å²) in [6.45, 7) is -0.538. The zero-order valence-electron chi connectivity index (χ0n) is 20.4. The largest absolute Gasteiger partial charge is 0.339 e. The van der Waals surface area contributed by atoms with E-state index in [2.05, 4.69) is 27.8 Å². The molecule has 0 heterocycles. The second-order valence-electron chi connectivity index (χ2n) is 8.15. The summed E-state index contributed by atoms with van der Waals surface area (Å²) in [6, 6.07) is 13.1. The first-order chi connectivity index (χ1) is 18.7. The van der Waals surface area contributed by atoms with Crippen molar-refractivity contribution in [1.29, 1.82) is 0 Å². The van der Waals surface area contributed by atoms with Crippen molar-refractivity contribution in [1.82, 2.24) is 16.1 Å². The Bertz CT molecular complexity index is 1400. The van der Waals surface area contributed by atoms with Crippen molar-refractivity contribution in [3.8, 4) is 11.8 Å². The van der Waals surface area contributed by atoms with Crippen LogP contribution in [0.25, 0.3) is 0 Å². The maximum absolute atomic E-state index is 13.7. The predicted octanol–water partition coefficient (Wildman–Crippen LogP) is 1.79. The number of hydrogen-bond donors (Lipinski definition) is 6. The smallest absolute Gasteiger partial charge is 0.267 e. The summed E-state index contributed by atoms with van der Waals surface area (Å²) in [5, 5.41) is 16.4. The molecule has 0 bridgehead atoms. The molecule has 0 radical (unpaired) electrons. The van der Waals surface area contributed by atoms with Crippen LogP contribution in [0.3, 0.4) is 0 Å². The molecular weight excluding hydrogens is 515 g/mol. The molecule has 3 amide bonds. The van der Waals surface area contributed by atoms with Gasteiger partial charge in [0.05, 0.1) is 6.54 Å². The Morgan fingerprint density at radius 1 is 0.872 bits per heavy atom. The van der Waals surface area contributed by atoms with Crippen LogP contribution in [0.5, 0.6) is 0 Å². The Labute approximate surface area is 221 Å². The minimum Gasteiger partial charge on any atom is -0.339 e. The second kappa shape index (κ2) is 13.7. The summed E-state index contributed by atoms with van der Waals surface area (Å²) in [5.74, 6) is 0.741. The van der Waals surface area contributed by atoms with Gasteiger partial charge in [-0.2, -0.15) is 0 Å². The molecule has 0 spiro atoms. The Hall–Kier alpha value is -4.70. The number of rotatable bonds is 9. The maximum Gasteiger partial charge on any atom is 0.267 e. The minimum absolute atomic E-state index is 0.102. The van der Waals surface area contributed by atoms with E-state index in [-0.39, 0.29) is 30.8 Å². The van der Waals surface area contributed by atoms with Gasteiger partial charge in [0.1, 0.15) is 11.9 Å². The lowest BCUT2D eigenvalue weighted by Gasteiger charge is -2.14. The lowest BCUT2D eigenvalue weighted by atomic mass is 10.1. The maximum atomic E-state index is 13.7. The zero-order chi connectivity index (χ0) is 28.4. The summed E-state index contributed by atoms with van der Waals surface area (Å²) >= 11 is 0. The van der Waals surface area contributed by atoms with Gasteiger partial charge in [-0.1, -0.05) is 11.8 Å². The standard InChI is InChI=1S/C27H24F3N5O4/c28-21-12-23(30)22(29)11-19(21)14-32-15-25(36)33-20-9-5-17(6-10-20)2-1-16-3-7-18(8-4-16)26(37)34-24(13-31)27(38)35-39/h3-12,24,32,39H,13-15,31H2,(H,33,36)(H,34,37)(H,35,38)/t24-/m0/s1. The highest BCUT2D eigenvalue weighted by Crippen LogP contribution is 2.14. The number of amides is 3. The van der Waals surface area contributed by atoms with E-state index in [1.807, 2.05) is 0 Å². The molecule has 39 heavy (non-hydrogen) atoms. The third kappa shape index (κ3) is 8.41. The van der Waals surface area contributed by atoms with Crippen LogP contribution in [0.15, 0.2) is 60.7 Å². The molecule has 9 nitrogen and oxygen atoms in total. The summed E-state index contributed by atoms with van der Waals surface area (Å²) in [5.41, 5.74) is 8.80. The highest BCUT2D eigenvalue weighted by molar-refractivity contribution is 5.97. The van der Waals surface area contributed by atoms with Crippen molar-refractivity contribution in [2.24, 2.45) is 5.73 Å². The van der Waals surface area contributed by atoms with Gasteiger partial charge in [0.25, 0.3) is 11.8 Å². The monoisotopic (exact) mass is 539 g/mol. The van der Waals surface area contributed by atoms with Crippen LogP contribution in [-0.4, -0.2) is 42.1 Å². The zero-order valence-corrected chi connectivity index (χ0v) is 20.4. The number of carbonyl (C=O) groups excluding carboxylic acids is 3. The molecule has 0 aliphatic rings. The Balaban J connectivity index is 1.50. The van der Waals surface area contributed by atoms with Crippen molar-refractivity contribution in [2.45, 2.75) is 12.6 Å². The topological polar surface area (TPSA) is 146 Å². The fourth-order valence-electron chi connectivity index (χ4n) is 3.25. The Morgan fingerprint density at radius 3 is 2.05 bits per heavy atom. The van der Waals surface area contributed by atoms with Crippen LogP contribution in [0.4, 0.5) is 18.9 Å². The van der Waals surface area contributed by atoms with E-state index in [4.69, 9.17) is 10.9 Å². The summed E-state index contributed by atoms with van der Waals surface area (Å²) in [4.78, 5) is 35.8. The Morgan fingerprint density at radius 2 is 1.46 bits per heavy atom. The fraction of sp³-hybridized carbons (Fsp3) is 0.148. The molecule has 12 heteroatoms. The van der Waals surface area contributed by atoms with Gasteiger partial charge in [0.2, 0.25) is 5.91 Å². The molecule has 0 unspecified atom stereocenters. The van der Waals surface area contributed by atoms with E-state index in [1.165, 1.54) is 17.6 Å². The summed E-state index contributed by atoms with van der Waals surface area (Å²) in [7, 11) is 0. The van der Waals surface area contributed by atoms with Gasteiger partial charge in [0.15, 0.2) is 11.6 Å². The van der Waals surface area contributed by atoms with Crippen molar-refractivity contribution in [2.75, 3.05) is 18.4 Å². The molecule has 0 fully saturated rings. The van der Waals surface area contributed by atoms with Gasteiger partial charge >= 0.3 is 0 Å². The quantitative estimate of drug-likeness (QED) is 0.106. The predicted molar refractivity (Wildman–Crippen MR) is 136 cm³/mol. The molecular formula is C27H24F3N5O4. The minimum atomic E-state index is -1.28. The third-order valence-corrected chi connectivity index (χ3v) is 5.32. The molecule has 202 valence electrons. The number of nitrogens with two attached hydrogens (primary N) is 1. The summed E-state index contributed by atoms with van der Waals surface area (Å²) in [6.07, 6.45) is 0. The van der Waals surface area contributed by atoms with E-state index in [0.717, 1.165) is 6.07 Å². The van der Waals surface area contributed by atoms with Crippen LogP contribution in [-0.2, 0) is 16.1 Å². The average molecular weight is 540 g/mol. The van der Waals surface area contributed by atoms with E-state index < -0.39 is 41.2 Å². The van der Waals surface area contributed by atoms with Crippen LogP contribution in [0.1, 0.15) is 27.0 Å². The van der Waals surface area contributed by atoms with Crippen LogP contribution >= 0.6 is 0 Å². The number of nitrogens with one attached hydrogen (secondary N) is 4. The van der Waals surface area contributed by atoms with Crippen LogP contribution < -0.4 is 27.2 Å². The lowest BCUT2D eigenvalue weighted by Crippen LogP contribution is -2.50. The van der Waals surface area contributed by atoms with Gasteiger partial charge < -0.3 is 21.7 Å². The number of halogens is 3. The molecule has 3 aromatic carbocycles. The normalized spacial score (nSPS) is 11.1. The molecule has 3 aromatic rings. The fourth-order valence-corrected chi connectivity index (χ4v) is 3.25. The van der Waals surface area contributed by atoms with E-state index >= 15 is 0 Å². The number of benzene rings is 3. The SMILES string of the molecule is NC[C@H](NC(=O)c1ccc(C#Cc2ccc(NC(=O)CNCc3cc(F)c(F)cc3F)cc2)cc1)C(=O)NO. The van der Waals surface area contributed by atoms with Crippen molar-refractivity contribution in [3.63, 3.8) is 0 Å². The van der Waals surface area contributed by atoms with Crippen LogP contribution in [0, 0.1) is 29.3 Å². The molecule has 0 aromatic heterocycles. The second-order valence-corrected chi connectivity index (χ2v) is 8.15. The number of hydroxylamine groups is 1. The van der Waals surface area contributed by atoms with Crippen molar-refractivity contribution < 1.29 is 32.8 Å². The molecule has 0 saturated heterocycles. The van der Waals surface area contributed by atoms with Gasteiger partial charge in [-0.3, -0.25) is 19.6 Å². The third-order valence-electron chi connectivity index (χ3n) is 5.32. The molecule has 1 atom stereocenters. The number of hydrogen-bond acceptors (Lipinski definition) is 6.